The summed E-state index contributed by atoms with van der Waals surface area (Å²) < 4.78 is 1.03. The first kappa shape index (κ1) is 18.1. The highest BCUT2D eigenvalue weighted by Crippen LogP contribution is 2.35. The van der Waals surface area contributed by atoms with Gasteiger partial charge in [-0.3, -0.25) is 0 Å². The van der Waals surface area contributed by atoms with Crippen LogP contribution in [0.15, 0.2) is 63.1 Å². The van der Waals surface area contributed by atoms with E-state index in [0.717, 1.165) is 33.5 Å². The lowest BCUT2D eigenvalue weighted by Gasteiger charge is -2.25. The minimum Gasteiger partial charge on any atom is -0.321 e. The summed E-state index contributed by atoms with van der Waals surface area (Å²) >= 11 is 3.29. The van der Waals surface area contributed by atoms with Crippen LogP contribution in [0.3, 0.4) is 0 Å². The maximum atomic E-state index is 12.7. The molecule has 1 unspecified atom stereocenters. The average molecular weight is 396 g/mol. The molecular formula is C21H21N3OS2. The molecule has 0 saturated heterocycles. The highest BCUT2D eigenvalue weighted by Gasteiger charge is 2.28. The first-order valence-electron chi connectivity index (χ1n) is 8.92. The van der Waals surface area contributed by atoms with E-state index in [2.05, 4.69) is 28.5 Å². The Morgan fingerprint density at radius 3 is 2.74 bits per heavy atom. The van der Waals surface area contributed by atoms with E-state index < -0.39 is 0 Å². The predicted octanol–water partition coefficient (Wildman–Crippen LogP) is 5.75. The molecule has 0 radical (unpaired) electrons. The van der Waals surface area contributed by atoms with E-state index in [0.29, 0.717) is 0 Å². The van der Waals surface area contributed by atoms with Crippen molar-refractivity contribution >= 4 is 34.8 Å². The molecule has 1 aliphatic carbocycles. The molecule has 0 saturated carbocycles. The zero-order valence-corrected chi connectivity index (χ0v) is 16.9. The molecule has 0 spiro atoms. The molecule has 6 heteroatoms. The minimum absolute atomic E-state index is 0.0762. The second-order valence-corrected chi connectivity index (χ2v) is 8.85. The summed E-state index contributed by atoms with van der Waals surface area (Å²) in [7, 11) is 1.87. The van der Waals surface area contributed by atoms with Crippen molar-refractivity contribution in [3.05, 3.63) is 70.7 Å². The largest absolute Gasteiger partial charge is 0.322 e. The second kappa shape index (κ2) is 7.74. The molecule has 0 aliphatic heterocycles. The van der Waals surface area contributed by atoms with Gasteiger partial charge in [-0.15, -0.1) is 11.3 Å². The number of benzene rings is 2. The maximum Gasteiger partial charge on any atom is 0.322 e. The first-order chi connectivity index (χ1) is 13.1. The molecule has 1 aromatic heterocycles. The van der Waals surface area contributed by atoms with Crippen molar-refractivity contribution in [3.8, 4) is 0 Å². The number of aromatic nitrogens is 1. The van der Waals surface area contributed by atoms with E-state index in [1.807, 2.05) is 54.6 Å². The summed E-state index contributed by atoms with van der Waals surface area (Å²) in [4.78, 5) is 20.1. The topological polar surface area (TPSA) is 45.2 Å². The van der Waals surface area contributed by atoms with Crippen molar-refractivity contribution in [1.82, 2.24) is 9.88 Å². The Morgan fingerprint density at radius 2 is 2.00 bits per heavy atom. The third-order valence-corrected chi connectivity index (χ3v) is 6.86. The van der Waals surface area contributed by atoms with Crippen LogP contribution in [-0.4, -0.2) is 23.0 Å². The van der Waals surface area contributed by atoms with Crippen molar-refractivity contribution in [2.24, 2.45) is 0 Å². The molecular weight excluding hydrogens is 374 g/mol. The van der Waals surface area contributed by atoms with Crippen LogP contribution in [0.25, 0.3) is 0 Å². The molecule has 1 atom stereocenters. The lowest BCUT2D eigenvalue weighted by Crippen LogP contribution is -2.33. The molecule has 138 valence electrons. The van der Waals surface area contributed by atoms with Crippen molar-refractivity contribution < 1.29 is 4.79 Å². The highest BCUT2D eigenvalue weighted by atomic mass is 32.2. The Labute approximate surface area is 167 Å². The number of thiazole rings is 1. The van der Waals surface area contributed by atoms with Gasteiger partial charge >= 0.3 is 6.03 Å². The summed E-state index contributed by atoms with van der Waals surface area (Å²) in [6.07, 6.45) is 2.01. The summed E-state index contributed by atoms with van der Waals surface area (Å²) in [6, 6.07) is 16.4. The van der Waals surface area contributed by atoms with Crippen LogP contribution in [0.4, 0.5) is 10.5 Å². The van der Waals surface area contributed by atoms with Gasteiger partial charge in [0, 0.05) is 28.7 Å². The standard InChI is InChI=1S/C21H21N3OS2/c1-14-13-26-21(22-14)27-17-10-8-16(9-11-17)23-20(25)24(2)19-12-7-15-5-3-4-6-18(15)19/h3-6,8-11,13,19H,7,12H2,1-2H3,(H,23,25). The van der Waals surface area contributed by atoms with Crippen molar-refractivity contribution in [1.29, 1.82) is 0 Å². The Balaban J connectivity index is 1.39. The van der Waals surface area contributed by atoms with Gasteiger partial charge < -0.3 is 10.2 Å². The van der Waals surface area contributed by atoms with Gasteiger partial charge in [0.2, 0.25) is 0 Å². The fraction of sp³-hybridized carbons (Fsp3) is 0.238. The van der Waals surface area contributed by atoms with Crippen LogP contribution in [-0.2, 0) is 6.42 Å². The minimum atomic E-state index is -0.0762. The predicted molar refractivity (Wildman–Crippen MR) is 112 cm³/mol. The number of rotatable bonds is 4. The Morgan fingerprint density at radius 1 is 1.22 bits per heavy atom. The number of carbonyl (C=O) groups is 1. The van der Waals surface area contributed by atoms with E-state index in [9.17, 15) is 4.79 Å². The number of amides is 2. The quantitative estimate of drug-likeness (QED) is 0.611. The van der Waals surface area contributed by atoms with Crippen LogP contribution in [0.2, 0.25) is 0 Å². The van der Waals surface area contributed by atoms with Crippen LogP contribution in [0, 0.1) is 6.92 Å². The monoisotopic (exact) mass is 395 g/mol. The van der Waals surface area contributed by atoms with Gasteiger partial charge in [-0.25, -0.2) is 9.78 Å². The van der Waals surface area contributed by atoms with Gasteiger partial charge in [-0.1, -0.05) is 36.0 Å². The van der Waals surface area contributed by atoms with E-state index in [1.165, 1.54) is 11.1 Å². The molecule has 0 fully saturated rings. The molecule has 4 rings (SSSR count). The molecule has 2 aromatic carbocycles. The number of carbonyl (C=O) groups excluding carboxylic acids is 1. The fourth-order valence-electron chi connectivity index (χ4n) is 3.38. The molecule has 3 aromatic rings. The Kier molecular flexibility index (Phi) is 5.18. The van der Waals surface area contributed by atoms with Crippen molar-refractivity contribution in [2.45, 2.75) is 35.0 Å². The summed E-state index contributed by atoms with van der Waals surface area (Å²) in [6.45, 7) is 2.00. The molecule has 1 aliphatic rings. The third-order valence-electron chi connectivity index (χ3n) is 4.80. The maximum absolute atomic E-state index is 12.7. The summed E-state index contributed by atoms with van der Waals surface area (Å²) in [5.74, 6) is 0. The third kappa shape index (κ3) is 4.01. The van der Waals surface area contributed by atoms with Gasteiger partial charge in [0.15, 0.2) is 4.34 Å². The summed E-state index contributed by atoms with van der Waals surface area (Å²) in [5, 5.41) is 5.06. The fourth-order valence-corrected chi connectivity index (χ4v) is 5.19. The first-order valence-corrected chi connectivity index (χ1v) is 10.6. The van der Waals surface area contributed by atoms with Crippen LogP contribution >= 0.6 is 23.1 Å². The molecule has 1 heterocycles. The number of aryl methyl sites for hydroxylation is 2. The number of nitrogens with zero attached hydrogens (tertiary/aromatic N) is 2. The Hall–Kier alpha value is -2.31. The number of anilines is 1. The van der Waals surface area contributed by atoms with Gasteiger partial charge in [-0.2, -0.15) is 0 Å². The van der Waals surface area contributed by atoms with Crippen LogP contribution in [0.1, 0.15) is 29.3 Å². The lowest BCUT2D eigenvalue weighted by atomic mass is 10.1. The van der Waals surface area contributed by atoms with Crippen molar-refractivity contribution in [2.75, 3.05) is 12.4 Å². The second-order valence-electron chi connectivity index (χ2n) is 6.68. The van der Waals surface area contributed by atoms with E-state index in [4.69, 9.17) is 0 Å². The molecule has 27 heavy (non-hydrogen) atoms. The number of urea groups is 1. The molecule has 0 bridgehead atoms. The van der Waals surface area contributed by atoms with Gasteiger partial charge in [0.1, 0.15) is 0 Å². The smallest absolute Gasteiger partial charge is 0.321 e. The molecule has 2 amide bonds. The summed E-state index contributed by atoms with van der Waals surface area (Å²) in [5.41, 5.74) is 4.46. The molecule has 1 N–H and O–H groups in total. The van der Waals surface area contributed by atoms with Crippen LogP contribution < -0.4 is 5.32 Å². The zero-order valence-electron chi connectivity index (χ0n) is 15.3. The number of nitrogens with one attached hydrogen (secondary N) is 1. The van der Waals surface area contributed by atoms with Crippen molar-refractivity contribution in [3.63, 3.8) is 0 Å². The van der Waals surface area contributed by atoms with Gasteiger partial charge in [0.05, 0.1) is 6.04 Å². The van der Waals surface area contributed by atoms with Crippen LogP contribution in [0.5, 0.6) is 0 Å². The molecule has 4 nitrogen and oxygen atoms in total. The Bertz CT molecular complexity index is 952. The van der Waals surface area contributed by atoms with Gasteiger partial charge in [-0.05, 0) is 55.2 Å². The van der Waals surface area contributed by atoms with E-state index >= 15 is 0 Å². The number of hydrogen-bond acceptors (Lipinski definition) is 4. The average Bonchev–Trinajstić information content (AvgIpc) is 3.28. The number of hydrogen-bond donors (Lipinski definition) is 1. The normalized spacial score (nSPS) is 15.4. The SMILES string of the molecule is Cc1csc(Sc2ccc(NC(=O)N(C)C3CCc4ccccc43)cc2)n1. The number of fused-ring (bicyclic) bond motifs is 1. The van der Waals surface area contributed by atoms with E-state index in [-0.39, 0.29) is 12.1 Å². The highest BCUT2D eigenvalue weighted by molar-refractivity contribution is 8.01. The van der Waals surface area contributed by atoms with E-state index in [1.54, 1.807) is 23.1 Å². The zero-order chi connectivity index (χ0) is 18.8. The lowest BCUT2D eigenvalue weighted by molar-refractivity contribution is 0.204. The van der Waals surface area contributed by atoms with Gasteiger partial charge in [0.25, 0.3) is 0 Å².